The van der Waals surface area contributed by atoms with Gasteiger partial charge in [-0.25, -0.2) is 9.67 Å². The minimum absolute atomic E-state index is 0.109. The fraction of sp³-hybridized carbons (Fsp3) is 0.385. The number of ether oxygens (including phenoxy) is 1. The number of nitrogens with two attached hydrogens (primary N) is 1. The van der Waals surface area contributed by atoms with Crippen LogP contribution in [0.4, 0.5) is 5.69 Å². The number of aryl methyl sites for hydroxylation is 2. The molecule has 1 heterocycles. The monoisotopic (exact) mass is 246 g/mol. The summed E-state index contributed by atoms with van der Waals surface area (Å²) in [5.41, 5.74) is 7.40. The highest BCUT2D eigenvalue weighted by atomic mass is 16.5. The number of hydrogen-bond donors (Lipinski definition) is 1. The fourth-order valence-corrected chi connectivity index (χ4v) is 1.83. The van der Waals surface area contributed by atoms with Crippen LogP contribution in [0.3, 0.4) is 0 Å². The van der Waals surface area contributed by atoms with E-state index >= 15 is 0 Å². The maximum absolute atomic E-state index is 5.89. The van der Waals surface area contributed by atoms with Crippen molar-refractivity contribution in [2.24, 2.45) is 0 Å². The van der Waals surface area contributed by atoms with Gasteiger partial charge in [-0.2, -0.15) is 5.10 Å². The van der Waals surface area contributed by atoms with Crippen molar-refractivity contribution < 1.29 is 4.74 Å². The second-order valence-electron chi connectivity index (χ2n) is 4.54. The van der Waals surface area contributed by atoms with E-state index in [1.54, 1.807) is 4.68 Å². The van der Waals surface area contributed by atoms with Gasteiger partial charge in [-0.15, -0.1) is 0 Å². The number of hydrogen-bond acceptors (Lipinski definition) is 4. The minimum atomic E-state index is 0.109. The van der Waals surface area contributed by atoms with Crippen molar-refractivity contribution in [3.63, 3.8) is 0 Å². The Kier molecular flexibility index (Phi) is 3.23. The quantitative estimate of drug-likeness (QED) is 0.843. The van der Waals surface area contributed by atoms with E-state index in [9.17, 15) is 0 Å². The molecule has 0 aliphatic heterocycles. The number of anilines is 1. The van der Waals surface area contributed by atoms with Crippen LogP contribution >= 0.6 is 0 Å². The summed E-state index contributed by atoms with van der Waals surface area (Å²) in [7, 11) is 0. The van der Waals surface area contributed by atoms with E-state index < -0.39 is 0 Å². The van der Waals surface area contributed by atoms with Crippen LogP contribution in [0.15, 0.2) is 18.2 Å². The number of nitrogen functional groups attached to an aromatic ring is 1. The molecule has 0 aliphatic carbocycles. The first kappa shape index (κ1) is 12.4. The van der Waals surface area contributed by atoms with Gasteiger partial charge < -0.3 is 10.5 Å². The van der Waals surface area contributed by atoms with Crippen LogP contribution in [0, 0.1) is 13.8 Å². The minimum Gasteiger partial charge on any atom is -0.491 e. The molecular formula is C13H18N4O. The molecule has 5 heteroatoms. The standard InChI is InChI=1S/C13H18N4O/c1-8(2)18-13-6-11(14)5-12(7-13)17-10(4)15-9(3)16-17/h5-8H,14H2,1-4H3. The van der Waals surface area contributed by atoms with E-state index in [0.717, 1.165) is 23.1 Å². The van der Waals surface area contributed by atoms with Crippen LogP contribution in [0.2, 0.25) is 0 Å². The molecular weight excluding hydrogens is 228 g/mol. The normalized spacial score (nSPS) is 10.9. The molecule has 0 atom stereocenters. The lowest BCUT2D eigenvalue weighted by atomic mass is 10.2. The Labute approximate surface area is 107 Å². The summed E-state index contributed by atoms with van der Waals surface area (Å²) >= 11 is 0. The third kappa shape index (κ3) is 2.61. The molecule has 0 bridgehead atoms. The largest absolute Gasteiger partial charge is 0.491 e. The number of nitrogens with zero attached hydrogens (tertiary/aromatic N) is 3. The lowest BCUT2D eigenvalue weighted by Crippen LogP contribution is -2.07. The first-order valence-electron chi connectivity index (χ1n) is 5.93. The highest BCUT2D eigenvalue weighted by Crippen LogP contribution is 2.23. The van der Waals surface area contributed by atoms with Gasteiger partial charge in [0.1, 0.15) is 17.4 Å². The van der Waals surface area contributed by atoms with Gasteiger partial charge in [0, 0.05) is 17.8 Å². The topological polar surface area (TPSA) is 66.0 Å². The lowest BCUT2D eigenvalue weighted by Gasteiger charge is -2.12. The predicted octanol–water partition coefficient (Wildman–Crippen LogP) is 2.25. The molecule has 2 rings (SSSR count). The molecule has 0 amide bonds. The number of rotatable bonds is 3. The first-order valence-corrected chi connectivity index (χ1v) is 5.93. The van der Waals surface area contributed by atoms with Crippen LogP contribution in [-0.2, 0) is 0 Å². The molecule has 96 valence electrons. The zero-order chi connectivity index (χ0) is 13.3. The zero-order valence-electron chi connectivity index (χ0n) is 11.1. The molecule has 18 heavy (non-hydrogen) atoms. The van der Waals surface area contributed by atoms with E-state index in [2.05, 4.69) is 10.1 Å². The molecule has 0 unspecified atom stereocenters. The smallest absolute Gasteiger partial charge is 0.148 e. The van der Waals surface area contributed by atoms with Gasteiger partial charge in [-0.05, 0) is 33.8 Å². The summed E-state index contributed by atoms with van der Waals surface area (Å²) in [6.07, 6.45) is 0.109. The maximum atomic E-state index is 5.89. The van der Waals surface area contributed by atoms with Crippen LogP contribution < -0.4 is 10.5 Å². The van der Waals surface area contributed by atoms with Crippen molar-refractivity contribution >= 4 is 5.69 Å². The highest BCUT2D eigenvalue weighted by Gasteiger charge is 2.08. The number of aromatic nitrogens is 3. The molecule has 1 aromatic heterocycles. The summed E-state index contributed by atoms with van der Waals surface area (Å²) in [4.78, 5) is 4.28. The van der Waals surface area contributed by atoms with Gasteiger partial charge in [0.15, 0.2) is 0 Å². The number of benzene rings is 1. The van der Waals surface area contributed by atoms with Crippen molar-refractivity contribution in [1.82, 2.24) is 14.8 Å². The summed E-state index contributed by atoms with van der Waals surface area (Å²) in [6.45, 7) is 7.73. The Bertz CT molecular complexity index is 560. The van der Waals surface area contributed by atoms with E-state index in [4.69, 9.17) is 10.5 Å². The Morgan fingerprint density at radius 1 is 1.22 bits per heavy atom. The van der Waals surface area contributed by atoms with Crippen LogP contribution in [0.25, 0.3) is 5.69 Å². The summed E-state index contributed by atoms with van der Waals surface area (Å²) in [5, 5.41) is 4.34. The summed E-state index contributed by atoms with van der Waals surface area (Å²) in [5.74, 6) is 2.31. The predicted molar refractivity (Wildman–Crippen MR) is 71.0 cm³/mol. The van der Waals surface area contributed by atoms with E-state index in [0.29, 0.717) is 5.69 Å². The molecule has 0 spiro atoms. The highest BCUT2D eigenvalue weighted by molar-refractivity contribution is 5.53. The van der Waals surface area contributed by atoms with Crippen LogP contribution in [-0.4, -0.2) is 20.9 Å². The lowest BCUT2D eigenvalue weighted by molar-refractivity contribution is 0.242. The Morgan fingerprint density at radius 3 is 2.50 bits per heavy atom. The van der Waals surface area contributed by atoms with E-state index in [1.165, 1.54) is 0 Å². The zero-order valence-corrected chi connectivity index (χ0v) is 11.1. The van der Waals surface area contributed by atoms with Crippen molar-refractivity contribution in [2.75, 3.05) is 5.73 Å². The summed E-state index contributed by atoms with van der Waals surface area (Å²) in [6, 6.07) is 5.58. The first-order chi connectivity index (χ1) is 8.45. The molecule has 0 radical (unpaired) electrons. The van der Waals surface area contributed by atoms with Crippen LogP contribution in [0.5, 0.6) is 5.75 Å². The molecule has 0 saturated carbocycles. The second-order valence-corrected chi connectivity index (χ2v) is 4.54. The second kappa shape index (κ2) is 4.68. The van der Waals surface area contributed by atoms with Crippen molar-refractivity contribution in [2.45, 2.75) is 33.8 Å². The molecule has 0 saturated heterocycles. The molecule has 0 aliphatic rings. The molecule has 0 fully saturated rings. The van der Waals surface area contributed by atoms with Gasteiger partial charge >= 0.3 is 0 Å². The third-order valence-electron chi connectivity index (χ3n) is 2.40. The van der Waals surface area contributed by atoms with Gasteiger partial charge in [-0.1, -0.05) is 0 Å². The molecule has 2 aromatic rings. The van der Waals surface area contributed by atoms with Crippen molar-refractivity contribution in [3.05, 3.63) is 29.8 Å². The van der Waals surface area contributed by atoms with E-state index in [1.807, 2.05) is 45.9 Å². The average molecular weight is 246 g/mol. The third-order valence-corrected chi connectivity index (χ3v) is 2.40. The van der Waals surface area contributed by atoms with Gasteiger partial charge in [-0.3, -0.25) is 0 Å². The SMILES string of the molecule is Cc1nc(C)n(-c2cc(N)cc(OC(C)C)c2)n1. The Hall–Kier alpha value is -2.04. The molecule has 2 N–H and O–H groups in total. The average Bonchev–Trinajstić information content (AvgIpc) is 2.55. The van der Waals surface area contributed by atoms with Gasteiger partial charge in [0.2, 0.25) is 0 Å². The Morgan fingerprint density at radius 2 is 1.94 bits per heavy atom. The van der Waals surface area contributed by atoms with Gasteiger partial charge in [0.25, 0.3) is 0 Å². The summed E-state index contributed by atoms with van der Waals surface area (Å²) < 4.78 is 7.43. The van der Waals surface area contributed by atoms with Crippen molar-refractivity contribution in [1.29, 1.82) is 0 Å². The van der Waals surface area contributed by atoms with Crippen molar-refractivity contribution in [3.8, 4) is 11.4 Å². The molecule has 5 nitrogen and oxygen atoms in total. The fourth-order valence-electron chi connectivity index (χ4n) is 1.83. The Balaban J connectivity index is 2.44. The molecule has 1 aromatic carbocycles. The maximum Gasteiger partial charge on any atom is 0.148 e. The van der Waals surface area contributed by atoms with Crippen LogP contribution in [0.1, 0.15) is 25.5 Å². The van der Waals surface area contributed by atoms with Gasteiger partial charge in [0.05, 0.1) is 11.8 Å². The van der Waals surface area contributed by atoms with E-state index in [-0.39, 0.29) is 6.10 Å².